The summed E-state index contributed by atoms with van der Waals surface area (Å²) in [5, 5.41) is 21.5. The number of hydrogen-bond donors (Lipinski definition) is 2. The van der Waals surface area contributed by atoms with E-state index in [2.05, 4.69) is 4.90 Å². The summed E-state index contributed by atoms with van der Waals surface area (Å²) >= 11 is 12.8. The molecule has 1 unspecified atom stereocenters. The maximum atomic E-state index is 13.6. The number of carboxylic acids is 1. The average Bonchev–Trinajstić information content (AvgIpc) is 3.64. The number of amides is 1. The van der Waals surface area contributed by atoms with Crippen LogP contribution in [0.4, 0.5) is 5.69 Å². The molecule has 1 heterocycles. The predicted octanol–water partition coefficient (Wildman–Crippen LogP) is 4.32. The van der Waals surface area contributed by atoms with Crippen molar-refractivity contribution in [1.82, 2.24) is 4.90 Å². The van der Waals surface area contributed by atoms with Gasteiger partial charge in [0.05, 0.1) is 16.3 Å². The largest absolute Gasteiger partial charge is 0.478 e. The fourth-order valence-corrected chi connectivity index (χ4v) is 5.24. The Kier molecular flexibility index (Phi) is 6.20. The third-order valence-corrected chi connectivity index (χ3v) is 7.03. The molecule has 1 aliphatic heterocycles. The molecule has 2 aromatic carbocycles. The van der Waals surface area contributed by atoms with Gasteiger partial charge in [0.1, 0.15) is 0 Å². The van der Waals surface area contributed by atoms with E-state index in [1.807, 2.05) is 0 Å². The monoisotopic (exact) mass is 496 g/mol. The van der Waals surface area contributed by atoms with Crippen molar-refractivity contribution in [3.05, 3.63) is 63.1 Å². The Hall–Kier alpha value is -1.83. The summed E-state index contributed by atoms with van der Waals surface area (Å²) in [5.41, 5.74) is -1.38. The molecule has 2 saturated carbocycles. The molecule has 0 radical (unpaired) electrons. The van der Waals surface area contributed by atoms with E-state index < -0.39 is 17.5 Å². The van der Waals surface area contributed by atoms with E-state index >= 15 is 0 Å². The SMILES string of the molecule is Cl.O=C(O)c1cc(Cl)c2c(c1)N(CCN(C1CC1)C1CC1)C(=O)C2(O)c1ccccc1Cl. The van der Waals surface area contributed by atoms with E-state index in [1.54, 1.807) is 24.3 Å². The van der Waals surface area contributed by atoms with Gasteiger partial charge in [-0.25, -0.2) is 4.79 Å². The smallest absolute Gasteiger partial charge is 0.335 e. The van der Waals surface area contributed by atoms with E-state index in [0.29, 0.717) is 30.9 Å². The van der Waals surface area contributed by atoms with Gasteiger partial charge < -0.3 is 15.1 Å². The van der Waals surface area contributed by atoms with Crippen LogP contribution in [0.15, 0.2) is 36.4 Å². The molecule has 5 rings (SSSR count). The average molecular weight is 498 g/mol. The first-order valence-corrected chi connectivity index (χ1v) is 11.2. The summed E-state index contributed by atoms with van der Waals surface area (Å²) in [6.45, 7) is 0.999. The van der Waals surface area contributed by atoms with Gasteiger partial charge in [-0.15, -0.1) is 12.4 Å². The van der Waals surface area contributed by atoms with Crippen molar-refractivity contribution < 1.29 is 19.8 Å². The summed E-state index contributed by atoms with van der Waals surface area (Å²) in [7, 11) is 0. The van der Waals surface area contributed by atoms with E-state index in [-0.39, 0.29) is 39.1 Å². The number of carbonyl (C=O) groups excluding carboxylic acids is 1. The highest BCUT2D eigenvalue weighted by molar-refractivity contribution is 6.35. The zero-order valence-corrected chi connectivity index (χ0v) is 19.5. The fourth-order valence-electron chi connectivity index (χ4n) is 4.62. The van der Waals surface area contributed by atoms with Gasteiger partial charge in [-0.2, -0.15) is 0 Å². The summed E-state index contributed by atoms with van der Waals surface area (Å²) < 4.78 is 0. The Balaban J connectivity index is 0.00000245. The second kappa shape index (κ2) is 8.50. The highest BCUT2D eigenvalue weighted by atomic mass is 35.5. The molecular weight excluding hydrogens is 475 g/mol. The molecule has 1 atom stereocenters. The third kappa shape index (κ3) is 3.78. The Labute approximate surface area is 202 Å². The van der Waals surface area contributed by atoms with Crippen molar-refractivity contribution in [1.29, 1.82) is 0 Å². The fraction of sp³-hybridized carbons (Fsp3) is 0.391. The first kappa shape index (κ1) is 23.3. The van der Waals surface area contributed by atoms with Crippen LogP contribution in [-0.2, 0) is 10.4 Å². The number of rotatable bonds is 7. The minimum absolute atomic E-state index is 0. The maximum absolute atomic E-state index is 13.6. The quantitative estimate of drug-likeness (QED) is 0.595. The molecule has 0 spiro atoms. The minimum atomic E-state index is -2.08. The van der Waals surface area contributed by atoms with Crippen LogP contribution in [0.3, 0.4) is 0 Å². The van der Waals surface area contributed by atoms with Gasteiger partial charge in [0.15, 0.2) is 5.60 Å². The van der Waals surface area contributed by atoms with Gasteiger partial charge in [0.25, 0.3) is 5.91 Å². The first-order valence-electron chi connectivity index (χ1n) is 10.4. The lowest BCUT2D eigenvalue weighted by Gasteiger charge is -2.27. The highest BCUT2D eigenvalue weighted by Gasteiger charge is 2.54. The number of halogens is 3. The van der Waals surface area contributed by atoms with Crippen molar-refractivity contribution in [2.45, 2.75) is 43.4 Å². The Bertz CT molecular complexity index is 1070. The van der Waals surface area contributed by atoms with E-state index in [9.17, 15) is 19.8 Å². The topological polar surface area (TPSA) is 81.1 Å². The van der Waals surface area contributed by atoms with E-state index in [4.69, 9.17) is 23.2 Å². The van der Waals surface area contributed by atoms with Gasteiger partial charge in [0, 0.05) is 41.3 Å². The standard InChI is InChI=1S/C23H22Cl2N2O4.ClH/c24-17-4-2-1-3-16(17)23(31)20-18(25)11-13(21(28)29)12-19(20)27(22(23)30)10-9-26(14-5-6-14)15-7-8-15;/h1-4,11-12,14-15,31H,5-10H2,(H,28,29);1H. The van der Waals surface area contributed by atoms with Crippen molar-refractivity contribution in [3.8, 4) is 0 Å². The lowest BCUT2D eigenvalue weighted by Crippen LogP contribution is -2.45. The molecule has 6 nitrogen and oxygen atoms in total. The van der Waals surface area contributed by atoms with Crippen LogP contribution in [0.25, 0.3) is 0 Å². The van der Waals surface area contributed by atoms with Gasteiger partial charge in [0.2, 0.25) is 0 Å². The van der Waals surface area contributed by atoms with Crippen molar-refractivity contribution in [3.63, 3.8) is 0 Å². The number of carbonyl (C=O) groups is 2. The number of aliphatic hydroxyl groups is 1. The lowest BCUT2D eigenvalue weighted by molar-refractivity contribution is -0.132. The highest BCUT2D eigenvalue weighted by Crippen LogP contribution is 2.50. The Morgan fingerprint density at radius 2 is 1.72 bits per heavy atom. The normalized spacial score (nSPS) is 22.1. The van der Waals surface area contributed by atoms with Crippen molar-refractivity contribution in [2.24, 2.45) is 0 Å². The van der Waals surface area contributed by atoms with Crippen LogP contribution in [-0.4, -0.2) is 52.2 Å². The molecule has 2 fully saturated rings. The number of fused-ring (bicyclic) bond motifs is 1. The molecule has 0 bridgehead atoms. The van der Waals surface area contributed by atoms with Crippen LogP contribution in [0, 0.1) is 0 Å². The number of benzene rings is 2. The molecule has 0 saturated heterocycles. The number of hydrogen-bond acceptors (Lipinski definition) is 4. The molecule has 3 aliphatic rings. The lowest BCUT2D eigenvalue weighted by atomic mass is 9.87. The van der Waals surface area contributed by atoms with Gasteiger partial charge >= 0.3 is 5.97 Å². The molecule has 1 amide bonds. The van der Waals surface area contributed by atoms with Crippen LogP contribution >= 0.6 is 35.6 Å². The molecule has 170 valence electrons. The van der Waals surface area contributed by atoms with Gasteiger partial charge in [-0.3, -0.25) is 9.69 Å². The Morgan fingerprint density at radius 1 is 1.09 bits per heavy atom. The third-order valence-electron chi connectivity index (χ3n) is 6.40. The van der Waals surface area contributed by atoms with Crippen LogP contribution in [0.1, 0.15) is 47.2 Å². The zero-order valence-electron chi connectivity index (χ0n) is 17.1. The first-order chi connectivity index (χ1) is 14.8. The summed E-state index contributed by atoms with van der Waals surface area (Å²) in [6, 6.07) is 10.4. The predicted molar refractivity (Wildman–Crippen MR) is 125 cm³/mol. The number of aromatic carboxylic acids is 1. The van der Waals surface area contributed by atoms with Crippen LogP contribution in [0.5, 0.6) is 0 Å². The second-order valence-corrected chi connectivity index (χ2v) is 9.32. The van der Waals surface area contributed by atoms with E-state index in [0.717, 1.165) is 0 Å². The molecule has 2 aromatic rings. The molecule has 32 heavy (non-hydrogen) atoms. The molecular formula is C23H23Cl3N2O4. The minimum Gasteiger partial charge on any atom is -0.478 e. The zero-order chi connectivity index (χ0) is 21.9. The number of anilines is 1. The van der Waals surface area contributed by atoms with Crippen molar-refractivity contribution in [2.75, 3.05) is 18.0 Å². The van der Waals surface area contributed by atoms with E-state index in [1.165, 1.54) is 42.7 Å². The van der Waals surface area contributed by atoms with Gasteiger partial charge in [-0.05, 0) is 43.9 Å². The van der Waals surface area contributed by atoms with Crippen LogP contribution < -0.4 is 4.90 Å². The second-order valence-electron chi connectivity index (χ2n) is 8.50. The molecule has 2 aliphatic carbocycles. The number of carboxylic acid groups (broad SMARTS) is 1. The summed E-state index contributed by atoms with van der Waals surface area (Å²) in [6.07, 6.45) is 4.67. The molecule has 2 N–H and O–H groups in total. The molecule has 9 heteroatoms. The van der Waals surface area contributed by atoms with Gasteiger partial charge in [-0.1, -0.05) is 41.4 Å². The van der Waals surface area contributed by atoms with Crippen molar-refractivity contribution >= 4 is 53.2 Å². The summed E-state index contributed by atoms with van der Waals surface area (Å²) in [4.78, 5) is 29.2. The molecule has 0 aromatic heterocycles. The maximum Gasteiger partial charge on any atom is 0.335 e. The number of nitrogens with zero attached hydrogens (tertiary/aromatic N) is 2. The Morgan fingerprint density at radius 3 is 2.28 bits per heavy atom. The summed E-state index contributed by atoms with van der Waals surface area (Å²) in [5.74, 6) is -1.71. The van der Waals surface area contributed by atoms with Crippen LogP contribution in [0.2, 0.25) is 10.0 Å².